The number of hydrogen-bond acceptors (Lipinski definition) is 5. The first kappa shape index (κ1) is 20.9. The number of anilines is 1. The molecule has 13 heteroatoms. The molecule has 0 radical (unpaired) electrons. The lowest BCUT2D eigenvalue weighted by Gasteiger charge is -2.29. The Morgan fingerprint density at radius 3 is 2.39 bits per heavy atom. The first-order valence-corrected chi connectivity index (χ1v) is 9.72. The van der Waals surface area contributed by atoms with Crippen LogP contribution in [0.25, 0.3) is 5.69 Å². The van der Waals surface area contributed by atoms with Crippen LogP contribution in [0.2, 0.25) is 5.02 Å². The number of benzene rings is 1. The van der Waals surface area contributed by atoms with Crippen molar-refractivity contribution in [3.63, 3.8) is 0 Å². The average molecular weight is 471 g/mol. The molecular weight excluding hydrogens is 461 g/mol. The molecule has 0 saturated carbocycles. The Bertz CT molecular complexity index is 1320. The zero-order valence-electron chi connectivity index (χ0n) is 15.0. The number of halogens is 4. The van der Waals surface area contributed by atoms with Gasteiger partial charge in [0.05, 0.1) is 10.6 Å². The van der Waals surface area contributed by atoms with Gasteiger partial charge in [-0.2, -0.15) is 13.2 Å². The quantitative estimate of drug-likeness (QED) is 0.545. The lowest BCUT2D eigenvalue weighted by Crippen LogP contribution is -2.62. The van der Waals surface area contributed by atoms with Gasteiger partial charge in [0.25, 0.3) is 22.9 Å². The number of aromatic nitrogens is 2. The fourth-order valence-electron chi connectivity index (χ4n) is 3.25. The molecule has 1 aromatic carbocycles. The second kappa shape index (κ2) is 7.10. The second-order valence-corrected chi connectivity index (χ2v) is 7.81. The molecule has 8 nitrogen and oxygen atoms in total. The number of H-pyrrole nitrogens is 1. The molecule has 160 valence electrons. The van der Waals surface area contributed by atoms with E-state index in [-0.39, 0.29) is 15.6 Å². The molecule has 3 N–H and O–H groups in total. The van der Waals surface area contributed by atoms with E-state index in [1.807, 2.05) is 5.32 Å². The fraction of sp³-hybridized carbons (Fsp3) is 0.111. The van der Waals surface area contributed by atoms with Crippen LogP contribution in [0, 0.1) is 0 Å². The molecule has 2 aromatic heterocycles. The number of carbonyl (C=O) groups is 2. The summed E-state index contributed by atoms with van der Waals surface area (Å²) in [5.41, 5.74) is -7.38. The molecule has 31 heavy (non-hydrogen) atoms. The van der Waals surface area contributed by atoms with Crippen LogP contribution >= 0.6 is 22.9 Å². The third-order valence-electron chi connectivity index (χ3n) is 4.61. The molecule has 1 aliphatic heterocycles. The molecule has 1 atom stereocenters. The maximum atomic E-state index is 14.3. The van der Waals surface area contributed by atoms with Crippen LogP contribution in [-0.4, -0.2) is 27.5 Å². The SMILES string of the molecule is O=C(NC1(C(F)(F)F)C(=O)Nc2c1c(=O)[nH]c(=O)n2-c1ccc(Cl)cc1)c1cccs1. The van der Waals surface area contributed by atoms with Gasteiger partial charge in [-0.25, -0.2) is 9.36 Å². The number of thiophene rings is 1. The summed E-state index contributed by atoms with van der Waals surface area (Å²) >= 11 is 6.66. The van der Waals surface area contributed by atoms with E-state index in [2.05, 4.69) is 0 Å². The maximum absolute atomic E-state index is 14.3. The Balaban J connectivity index is 2.00. The lowest BCUT2D eigenvalue weighted by atomic mass is 9.92. The Kier molecular flexibility index (Phi) is 4.78. The molecule has 4 rings (SSSR count). The van der Waals surface area contributed by atoms with Crippen LogP contribution in [0.3, 0.4) is 0 Å². The van der Waals surface area contributed by atoms with Crippen LogP contribution in [0.4, 0.5) is 19.0 Å². The van der Waals surface area contributed by atoms with Gasteiger partial charge in [-0.1, -0.05) is 17.7 Å². The molecule has 3 heterocycles. The van der Waals surface area contributed by atoms with E-state index in [9.17, 15) is 32.3 Å². The normalized spacial score (nSPS) is 17.9. The number of nitrogens with zero attached hydrogens (tertiary/aromatic N) is 1. The predicted octanol–water partition coefficient (Wildman–Crippen LogP) is 2.38. The van der Waals surface area contributed by atoms with E-state index in [1.165, 1.54) is 41.8 Å². The highest BCUT2D eigenvalue weighted by atomic mass is 35.5. The summed E-state index contributed by atoms with van der Waals surface area (Å²) in [6, 6.07) is 8.06. The van der Waals surface area contributed by atoms with Crippen molar-refractivity contribution in [2.45, 2.75) is 11.7 Å². The number of fused-ring (bicyclic) bond motifs is 1. The van der Waals surface area contributed by atoms with Crippen molar-refractivity contribution in [3.8, 4) is 5.69 Å². The number of alkyl halides is 3. The third kappa shape index (κ3) is 3.15. The zero-order chi connectivity index (χ0) is 22.6. The van der Waals surface area contributed by atoms with Crippen molar-refractivity contribution < 1.29 is 22.8 Å². The maximum Gasteiger partial charge on any atom is 0.425 e. The molecule has 0 saturated heterocycles. The van der Waals surface area contributed by atoms with Gasteiger partial charge in [0.1, 0.15) is 11.4 Å². The molecule has 3 aromatic rings. The second-order valence-electron chi connectivity index (χ2n) is 6.43. The summed E-state index contributed by atoms with van der Waals surface area (Å²) < 4.78 is 43.5. The van der Waals surface area contributed by atoms with Crippen LogP contribution in [0.1, 0.15) is 15.2 Å². The van der Waals surface area contributed by atoms with Crippen LogP contribution in [0.15, 0.2) is 51.4 Å². The Morgan fingerprint density at radius 2 is 1.81 bits per heavy atom. The van der Waals surface area contributed by atoms with Crippen LogP contribution in [0.5, 0.6) is 0 Å². The number of rotatable bonds is 3. The molecule has 2 amide bonds. The largest absolute Gasteiger partial charge is 0.425 e. The first-order valence-electron chi connectivity index (χ1n) is 8.46. The average Bonchev–Trinajstić information content (AvgIpc) is 3.30. The van der Waals surface area contributed by atoms with Crippen LogP contribution in [-0.2, 0) is 10.3 Å². The highest BCUT2D eigenvalue weighted by Crippen LogP contribution is 2.45. The van der Waals surface area contributed by atoms with E-state index in [0.29, 0.717) is 4.57 Å². The van der Waals surface area contributed by atoms with E-state index in [1.54, 1.807) is 10.3 Å². The number of hydrogen-bond donors (Lipinski definition) is 3. The van der Waals surface area contributed by atoms with Crippen molar-refractivity contribution in [1.82, 2.24) is 14.9 Å². The summed E-state index contributed by atoms with van der Waals surface area (Å²) in [4.78, 5) is 51.8. The smallest absolute Gasteiger partial charge is 0.326 e. The van der Waals surface area contributed by atoms with E-state index < -0.39 is 46.2 Å². The van der Waals surface area contributed by atoms with Gasteiger partial charge in [0, 0.05) is 5.02 Å². The van der Waals surface area contributed by atoms with Gasteiger partial charge >= 0.3 is 11.9 Å². The minimum Gasteiger partial charge on any atom is -0.326 e. The van der Waals surface area contributed by atoms with Crippen molar-refractivity contribution >= 4 is 40.6 Å². The van der Waals surface area contributed by atoms with Gasteiger partial charge in [-0.3, -0.25) is 19.4 Å². The van der Waals surface area contributed by atoms with Gasteiger partial charge in [0.2, 0.25) is 0 Å². The molecular formula is C18H10ClF3N4O4S. The van der Waals surface area contributed by atoms with Gasteiger partial charge in [-0.15, -0.1) is 11.3 Å². The lowest BCUT2D eigenvalue weighted by molar-refractivity contribution is -0.196. The fourth-order valence-corrected chi connectivity index (χ4v) is 4.00. The van der Waals surface area contributed by atoms with Crippen LogP contribution < -0.4 is 21.9 Å². The minimum atomic E-state index is -5.41. The Labute approximate surface area is 179 Å². The summed E-state index contributed by atoms with van der Waals surface area (Å²) in [7, 11) is 0. The highest BCUT2D eigenvalue weighted by Gasteiger charge is 2.68. The van der Waals surface area contributed by atoms with Crippen molar-refractivity contribution in [3.05, 3.63) is 78.1 Å². The summed E-state index contributed by atoms with van der Waals surface area (Å²) in [6.45, 7) is 0. The Hall–Kier alpha value is -3.38. The molecule has 0 aliphatic carbocycles. The summed E-state index contributed by atoms with van der Waals surface area (Å²) in [6.07, 6.45) is -5.41. The standard InChI is InChI=1S/C18H10ClF3N4O4S/c19-8-3-5-9(6-4-8)26-12-11(14(28)24-16(26)30)17(15(29)23-12,18(20,21)22)25-13(27)10-2-1-7-31-10/h1-7H,(H,23,29)(H,25,27)(H,24,28,30). The predicted molar refractivity (Wildman–Crippen MR) is 106 cm³/mol. The van der Waals surface area contributed by atoms with Crippen molar-refractivity contribution in [1.29, 1.82) is 0 Å². The third-order valence-corrected chi connectivity index (χ3v) is 5.74. The van der Waals surface area contributed by atoms with E-state index in [4.69, 9.17) is 11.6 Å². The summed E-state index contributed by atoms with van der Waals surface area (Å²) in [5.74, 6) is -3.64. The first-order chi connectivity index (χ1) is 14.6. The topological polar surface area (TPSA) is 113 Å². The van der Waals surface area contributed by atoms with E-state index in [0.717, 1.165) is 11.3 Å². The molecule has 0 spiro atoms. The number of amides is 2. The van der Waals surface area contributed by atoms with Gasteiger partial charge in [-0.05, 0) is 35.7 Å². The molecule has 0 fully saturated rings. The highest BCUT2D eigenvalue weighted by molar-refractivity contribution is 7.12. The number of nitrogens with one attached hydrogen (secondary N) is 3. The van der Waals surface area contributed by atoms with Gasteiger partial charge in [0.15, 0.2) is 0 Å². The van der Waals surface area contributed by atoms with E-state index >= 15 is 0 Å². The number of aromatic amines is 1. The molecule has 0 bridgehead atoms. The minimum absolute atomic E-state index is 0.0322. The van der Waals surface area contributed by atoms with Gasteiger partial charge < -0.3 is 10.6 Å². The summed E-state index contributed by atoms with van der Waals surface area (Å²) in [5, 5.41) is 5.36. The molecule has 1 aliphatic rings. The monoisotopic (exact) mass is 470 g/mol. The zero-order valence-corrected chi connectivity index (χ0v) is 16.6. The number of carbonyl (C=O) groups excluding carboxylic acids is 2. The molecule has 1 unspecified atom stereocenters. The Morgan fingerprint density at radius 1 is 1.13 bits per heavy atom. The van der Waals surface area contributed by atoms with Crippen molar-refractivity contribution in [2.75, 3.05) is 5.32 Å². The van der Waals surface area contributed by atoms with Crippen molar-refractivity contribution in [2.24, 2.45) is 0 Å².